The monoisotopic (exact) mass is 202 g/mol. The molecule has 0 aliphatic carbocycles. The van der Waals surface area contributed by atoms with Gasteiger partial charge in [0, 0.05) is 12.1 Å². The average molecular weight is 202 g/mol. The summed E-state index contributed by atoms with van der Waals surface area (Å²) in [5.74, 6) is 1.46. The first-order valence-electron chi connectivity index (χ1n) is 5.03. The summed E-state index contributed by atoms with van der Waals surface area (Å²) in [7, 11) is 0. The van der Waals surface area contributed by atoms with Gasteiger partial charge >= 0.3 is 0 Å². The minimum Gasteiger partial charge on any atom is -0.353 e. The van der Waals surface area contributed by atoms with Gasteiger partial charge in [0.2, 0.25) is 5.95 Å². The molecule has 0 unspecified atom stereocenters. The molecule has 4 heteroatoms. The van der Waals surface area contributed by atoms with Crippen molar-refractivity contribution in [2.24, 2.45) is 0 Å². The first-order valence-corrected chi connectivity index (χ1v) is 5.03. The molecule has 4 nitrogen and oxygen atoms in total. The van der Waals surface area contributed by atoms with Crippen LogP contribution in [0.2, 0.25) is 0 Å². The molecule has 0 amide bonds. The van der Waals surface area contributed by atoms with Crippen LogP contribution in [-0.2, 0) is 0 Å². The Labute approximate surface area is 88.8 Å². The number of aryl methyl sites for hydroxylation is 1. The highest BCUT2D eigenvalue weighted by atomic mass is 15.3. The number of anilines is 1. The zero-order valence-electron chi connectivity index (χ0n) is 8.91. The van der Waals surface area contributed by atoms with E-state index in [2.05, 4.69) is 33.5 Å². The molecule has 0 saturated heterocycles. The van der Waals surface area contributed by atoms with Gasteiger partial charge in [0.05, 0.1) is 0 Å². The van der Waals surface area contributed by atoms with E-state index in [0.29, 0.717) is 5.95 Å². The first-order chi connectivity index (χ1) is 7.31. The lowest BCUT2D eigenvalue weighted by Crippen LogP contribution is -1.97. The van der Waals surface area contributed by atoms with Gasteiger partial charge in [-0.3, -0.25) is 5.10 Å². The summed E-state index contributed by atoms with van der Waals surface area (Å²) in [5, 5.41) is 10.1. The van der Waals surface area contributed by atoms with E-state index in [4.69, 9.17) is 0 Å². The number of nitrogens with zero attached hydrogens (tertiary/aromatic N) is 2. The molecule has 0 bridgehead atoms. The third-order valence-corrected chi connectivity index (χ3v) is 2.22. The summed E-state index contributed by atoms with van der Waals surface area (Å²) < 4.78 is 0. The van der Waals surface area contributed by atoms with Crippen molar-refractivity contribution < 1.29 is 0 Å². The Kier molecular flexibility index (Phi) is 2.67. The second-order valence-corrected chi connectivity index (χ2v) is 3.35. The van der Waals surface area contributed by atoms with Gasteiger partial charge in [-0.25, -0.2) is 0 Å². The lowest BCUT2D eigenvalue weighted by Gasteiger charge is -1.99. The molecule has 0 aliphatic rings. The van der Waals surface area contributed by atoms with E-state index >= 15 is 0 Å². The van der Waals surface area contributed by atoms with Gasteiger partial charge in [-0.15, -0.1) is 5.10 Å². The third-order valence-electron chi connectivity index (χ3n) is 2.22. The van der Waals surface area contributed by atoms with Gasteiger partial charge in [-0.2, -0.15) is 4.98 Å². The highest BCUT2D eigenvalue weighted by molar-refractivity contribution is 5.60. The Balaban J connectivity index is 2.33. The highest BCUT2D eigenvalue weighted by Gasteiger charge is 2.06. The van der Waals surface area contributed by atoms with Gasteiger partial charge in [-0.1, -0.05) is 24.3 Å². The summed E-state index contributed by atoms with van der Waals surface area (Å²) in [6, 6.07) is 8.11. The number of hydrogen-bond acceptors (Lipinski definition) is 3. The van der Waals surface area contributed by atoms with Gasteiger partial charge in [0.1, 0.15) is 0 Å². The zero-order valence-corrected chi connectivity index (χ0v) is 8.91. The molecule has 1 aromatic heterocycles. The van der Waals surface area contributed by atoms with Crippen LogP contribution in [0.3, 0.4) is 0 Å². The smallest absolute Gasteiger partial charge is 0.242 e. The van der Waals surface area contributed by atoms with Crippen molar-refractivity contribution in [1.82, 2.24) is 15.2 Å². The number of aromatic nitrogens is 3. The summed E-state index contributed by atoms with van der Waals surface area (Å²) in [5.41, 5.74) is 2.28. The molecule has 78 valence electrons. The Morgan fingerprint density at radius 1 is 1.33 bits per heavy atom. The Bertz CT molecular complexity index is 447. The number of benzene rings is 1. The van der Waals surface area contributed by atoms with Crippen LogP contribution in [0.25, 0.3) is 11.4 Å². The van der Waals surface area contributed by atoms with Crippen molar-refractivity contribution >= 4 is 5.95 Å². The van der Waals surface area contributed by atoms with Crippen LogP contribution < -0.4 is 5.32 Å². The number of rotatable bonds is 3. The van der Waals surface area contributed by atoms with E-state index in [1.165, 1.54) is 5.56 Å². The fraction of sp³-hybridized carbons (Fsp3) is 0.273. The summed E-state index contributed by atoms with van der Waals surface area (Å²) in [4.78, 5) is 4.35. The van der Waals surface area contributed by atoms with Crippen LogP contribution in [0.4, 0.5) is 5.95 Å². The normalized spacial score (nSPS) is 10.3. The number of hydrogen-bond donors (Lipinski definition) is 2. The predicted molar refractivity (Wildman–Crippen MR) is 60.7 cm³/mol. The van der Waals surface area contributed by atoms with Gasteiger partial charge in [0.25, 0.3) is 0 Å². The van der Waals surface area contributed by atoms with Crippen molar-refractivity contribution in [3.05, 3.63) is 29.8 Å². The lowest BCUT2D eigenvalue weighted by molar-refractivity contribution is 1.06. The maximum atomic E-state index is 4.35. The molecule has 1 heterocycles. The Morgan fingerprint density at radius 3 is 2.87 bits per heavy atom. The van der Waals surface area contributed by atoms with Crippen molar-refractivity contribution in [2.45, 2.75) is 13.8 Å². The first kappa shape index (κ1) is 9.71. The molecule has 0 atom stereocenters. The van der Waals surface area contributed by atoms with Crippen LogP contribution >= 0.6 is 0 Å². The topological polar surface area (TPSA) is 53.6 Å². The van der Waals surface area contributed by atoms with Crippen molar-refractivity contribution in [1.29, 1.82) is 0 Å². The number of nitrogens with one attached hydrogen (secondary N) is 2. The molecule has 2 N–H and O–H groups in total. The second kappa shape index (κ2) is 4.13. The van der Waals surface area contributed by atoms with Crippen LogP contribution in [0.5, 0.6) is 0 Å². The molecule has 2 aromatic rings. The second-order valence-electron chi connectivity index (χ2n) is 3.35. The molecule has 15 heavy (non-hydrogen) atoms. The summed E-state index contributed by atoms with van der Waals surface area (Å²) >= 11 is 0. The van der Waals surface area contributed by atoms with E-state index in [1.807, 2.05) is 25.1 Å². The average Bonchev–Trinajstić information content (AvgIpc) is 2.68. The van der Waals surface area contributed by atoms with E-state index in [0.717, 1.165) is 17.9 Å². The fourth-order valence-electron chi connectivity index (χ4n) is 1.46. The van der Waals surface area contributed by atoms with Crippen LogP contribution in [-0.4, -0.2) is 21.7 Å². The van der Waals surface area contributed by atoms with Crippen LogP contribution in [0.1, 0.15) is 12.5 Å². The minimum absolute atomic E-state index is 0.649. The van der Waals surface area contributed by atoms with Crippen molar-refractivity contribution in [2.75, 3.05) is 11.9 Å². The Hall–Kier alpha value is -1.84. The maximum Gasteiger partial charge on any atom is 0.242 e. The molecule has 2 rings (SSSR count). The minimum atomic E-state index is 0.649. The van der Waals surface area contributed by atoms with Crippen LogP contribution in [0.15, 0.2) is 24.3 Å². The Morgan fingerprint density at radius 2 is 2.13 bits per heavy atom. The largest absolute Gasteiger partial charge is 0.353 e. The van der Waals surface area contributed by atoms with E-state index in [9.17, 15) is 0 Å². The van der Waals surface area contributed by atoms with Crippen molar-refractivity contribution in [3.63, 3.8) is 0 Å². The quantitative estimate of drug-likeness (QED) is 0.802. The number of H-pyrrole nitrogens is 1. The van der Waals surface area contributed by atoms with Gasteiger partial charge in [0.15, 0.2) is 5.82 Å². The summed E-state index contributed by atoms with van der Waals surface area (Å²) in [6.45, 7) is 4.90. The van der Waals surface area contributed by atoms with E-state index < -0.39 is 0 Å². The van der Waals surface area contributed by atoms with Crippen LogP contribution in [0, 0.1) is 6.92 Å². The molecular formula is C11H14N4. The molecule has 0 saturated carbocycles. The highest BCUT2D eigenvalue weighted by Crippen LogP contribution is 2.19. The lowest BCUT2D eigenvalue weighted by atomic mass is 10.1. The van der Waals surface area contributed by atoms with Gasteiger partial charge in [-0.05, 0) is 19.4 Å². The van der Waals surface area contributed by atoms with E-state index in [-0.39, 0.29) is 0 Å². The van der Waals surface area contributed by atoms with E-state index in [1.54, 1.807) is 0 Å². The third kappa shape index (κ3) is 1.98. The van der Waals surface area contributed by atoms with Gasteiger partial charge < -0.3 is 5.32 Å². The summed E-state index contributed by atoms with van der Waals surface area (Å²) in [6.07, 6.45) is 0. The standard InChI is InChI=1S/C11H14N4/c1-3-12-11-13-10(14-15-11)9-7-5-4-6-8(9)2/h4-7H,3H2,1-2H3,(H2,12,13,14,15). The SMILES string of the molecule is CCNc1n[nH]c(-c2ccccc2C)n1. The molecule has 0 radical (unpaired) electrons. The zero-order chi connectivity index (χ0) is 10.7. The molecule has 0 aliphatic heterocycles. The molecule has 1 aromatic carbocycles. The maximum absolute atomic E-state index is 4.35. The predicted octanol–water partition coefficient (Wildman–Crippen LogP) is 2.21. The fourth-order valence-corrected chi connectivity index (χ4v) is 1.46. The van der Waals surface area contributed by atoms with Crippen molar-refractivity contribution in [3.8, 4) is 11.4 Å². The molecular weight excluding hydrogens is 188 g/mol. The molecule has 0 spiro atoms. The molecule has 0 fully saturated rings. The number of aromatic amines is 1.